The molecule has 0 aliphatic rings. The third-order valence-corrected chi connectivity index (χ3v) is 2.44. The summed E-state index contributed by atoms with van der Waals surface area (Å²) < 4.78 is 0.847. The molecule has 4 heteroatoms. The van der Waals surface area contributed by atoms with Crippen LogP contribution in [0.2, 0.25) is 0 Å². The summed E-state index contributed by atoms with van der Waals surface area (Å²) in [4.78, 5) is 0. The van der Waals surface area contributed by atoms with Gasteiger partial charge in [0.1, 0.15) is 0 Å². The number of hydrogen-bond acceptors (Lipinski definition) is 3. The molecule has 0 heterocycles. The highest BCUT2D eigenvalue weighted by Crippen LogP contribution is 2.20. The fraction of sp³-hybridized carbons (Fsp3) is 0.300. The van der Waals surface area contributed by atoms with E-state index in [1.54, 1.807) is 19.2 Å². The highest BCUT2D eigenvalue weighted by molar-refractivity contribution is 9.10. The highest BCUT2D eigenvalue weighted by atomic mass is 79.9. The first kappa shape index (κ1) is 11.2. The first-order valence-corrected chi connectivity index (χ1v) is 4.99. The van der Waals surface area contributed by atoms with Gasteiger partial charge in [-0.05, 0) is 30.8 Å². The van der Waals surface area contributed by atoms with E-state index in [0.717, 1.165) is 10.0 Å². The summed E-state index contributed by atoms with van der Waals surface area (Å²) in [5.41, 5.74) is 1.49. The first-order chi connectivity index (χ1) is 6.71. The van der Waals surface area contributed by atoms with E-state index in [1.165, 1.54) is 0 Å². The van der Waals surface area contributed by atoms with E-state index in [1.807, 2.05) is 6.07 Å². The molecule has 0 saturated carbocycles. The van der Waals surface area contributed by atoms with Crippen LogP contribution in [-0.4, -0.2) is 18.8 Å². The Morgan fingerprint density at radius 3 is 2.79 bits per heavy atom. The SMILES string of the molecule is CN[C@H](CO)c1cc(Br)cc(C#N)c1. The van der Waals surface area contributed by atoms with Gasteiger partial charge < -0.3 is 10.4 Å². The minimum Gasteiger partial charge on any atom is -0.394 e. The Hall–Kier alpha value is -0.890. The molecule has 0 saturated heterocycles. The van der Waals surface area contributed by atoms with Crippen molar-refractivity contribution in [1.82, 2.24) is 5.32 Å². The number of rotatable bonds is 3. The largest absolute Gasteiger partial charge is 0.394 e. The summed E-state index contributed by atoms with van der Waals surface area (Å²) in [7, 11) is 1.77. The van der Waals surface area contributed by atoms with Crippen molar-refractivity contribution in [1.29, 1.82) is 5.26 Å². The second-order valence-corrected chi connectivity index (χ2v) is 3.82. The van der Waals surface area contributed by atoms with Crippen molar-refractivity contribution in [2.24, 2.45) is 0 Å². The van der Waals surface area contributed by atoms with Gasteiger partial charge in [-0.3, -0.25) is 0 Å². The topological polar surface area (TPSA) is 56.0 Å². The van der Waals surface area contributed by atoms with Crippen LogP contribution in [0.15, 0.2) is 22.7 Å². The van der Waals surface area contributed by atoms with Crippen LogP contribution in [0.3, 0.4) is 0 Å². The zero-order chi connectivity index (χ0) is 10.6. The second-order valence-electron chi connectivity index (χ2n) is 2.91. The molecule has 0 unspecified atom stereocenters. The number of nitrogens with zero attached hydrogens (tertiary/aromatic N) is 1. The van der Waals surface area contributed by atoms with Gasteiger partial charge in [0.25, 0.3) is 0 Å². The monoisotopic (exact) mass is 254 g/mol. The van der Waals surface area contributed by atoms with E-state index in [-0.39, 0.29) is 12.6 Å². The molecule has 0 fully saturated rings. The molecule has 3 nitrogen and oxygen atoms in total. The van der Waals surface area contributed by atoms with Gasteiger partial charge in [-0.15, -0.1) is 0 Å². The summed E-state index contributed by atoms with van der Waals surface area (Å²) in [6.45, 7) is 0.0117. The Kier molecular flexibility index (Phi) is 4.08. The number of likely N-dealkylation sites (N-methyl/N-ethyl adjacent to an activating group) is 1. The number of aliphatic hydroxyl groups excluding tert-OH is 1. The van der Waals surface area contributed by atoms with Gasteiger partial charge in [-0.2, -0.15) is 5.26 Å². The van der Waals surface area contributed by atoms with Crippen LogP contribution in [0.4, 0.5) is 0 Å². The van der Waals surface area contributed by atoms with Crippen molar-refractivity contribution < 1.29 is 5.11 Å². The number of aliphatic hydroxyl groups is 1. The van der Waals surface area contributed by atoms with E-state index in [4.69, 9.17) is 10.4 Å². The van der Waals surface area contributed by atoms with Crippen LogP contribution in [0.5, 0.6) is 0 Å². The average molecular weight is 255 g/mol. The van der Waals surface area contributed by atoms with Crippen molar-refractivity contribution >= 4 is 15.9 Å². The molecule has 1 atom stereocenters. The zero-order valence-corrected chi connectivity index (χ0v) is 9.37. The van der Waals surface area contributed by atoms with Gasteiger partial charge >= 0.3 is 0 Å². The summed E-state index contributed by atoms with van der Waals surface area (Å²) in [6.07, 6.45) is 0. The number of halogens is 1. The Bertz CT molecular complexity index is 356. The predicted molar refractivity (Wildman–Crippen MR) is 57.7 cm³/mol. The van der Waals surface area contributed by atoms with Crippen molar-refractivity contribution in [3.8, 4) is 6.07 Å². The lowest BCUT2D eigenvalue weighted by Crippen LogP contribution is -2.19. The highest BCUT2D eigenvalue weighted by Gasteiger charge is 2.09. The molecule has 1 aromatic rings. The molecule has 2 N–H and O–H groups in total. The van der Waals surface area contributed by atoms with Gasteiger partial charge in [-0.25, -0.2) is 0 Å². The second kappa shape index (κ2) is 5.11. The molecule has 0 aliphatic carbocycles. The first-order valence-electron chi connectivity index (χ1n) is 4.20. The Morgan fingerprint density at radius 1 is 1.57 bits per heavy atom. The van der Waals surface area contributed by atoms with Gasteiger partial charge in [0.15, 0.2) is 0 Å². The third-order valence-electron chi connectivity index (χ3n) is 1.98. The molecule has 0 bridgehead atoms. The van der Waals surface area contributed by atoms with Gasteiger partial charge in [0.05, 0.1) is 24.3 Å². The van der Waals surface area contributed by atoms with Crippen LogP contribution in [0.1, 0.15) is 17.2 Å². The number of benzene rings is 1. The van der Waals surface area contributed by atoms with E-state index >= 15 is 0 Å². The molecule has 0 radical (unpaired) electrons. The summed E-state index contributed by atoms with van der Waals surface area (Å²) in [6, 6.07) is 7.34. The Morgan fingerprint density at radius 2 is 2.29 bits per heavy atom. The van der Waals surface area contributed by atoms with Crippen molar-refractivity contribution in [3.63, 3.8) is 0 Å². The molecular weight excluding hydrogens is 244 g/mol. The molecule has 0 spiro atoms. The summed E-state index contributed by atoms with van der Waals surface area (Å²) in [5, 5.41) is 20.8. The quantitative estimate of drug-likeness (QED) is 0.862. The molecule has 1 rings (SSSR count). The van der Waals surface area contributed by atoms with Crippen LogP contribution in [-0.2, 0) is 0 Å². The molecule has 14 heavy (non-hydrogen) atoms. The van der Waals surface area contributed by atoms with Crippen LogP contribution < -0.4 is 5.32 Å². The maximum Gasteiger partial charge on any atom is 0.0992 e. The predicted octanol–water partition coefficient (Wildman–Crippen LogP) is 1.57. The zero-order valence-electron chi connectivity index (χ0n) is 7.79. The molecule has 0 aliphatic heterocycles. The lowest BCUT2D eigenvalue weighted by molar-refractivity contribution is 0.251. The van der Waals surface area contributed by atoms with Crippen LogP contribution in [0.25, 0.3) is 0 Å². The van der Waals surface area contributed by atoms with Crippen molar-refractivity contribution in [2.75, 3.05) is 13.7 Å². The van der Waals surface area contributed by atoms with Crippen molar-refractivity contribution in [3.05, 3.63) is 33.8 Å². The molecule has 0 amide bonds. The van der Waals surface area contributed by atoms with Gasteiger partial charge in [0.2, 0.25) is 0 Å². The van der Waals surface area contributed by atoms with Crippen LogP contribution in [0, 0.1) is 11.3 Å². The molecule has 1 aromatic carbocycles. The summed E-state index contributed by atoms with van der Waals surface area (Å²) in [5.74, 6) is 0. The maximum absolute atomic E-state index is 9.07. The van der Waals surface area contributed by atoms with E-state index in [0.29, 0.717) is 5.56 Å². The van der Waals surface area contributed by atoms with Crippen LogP contribution >= 0.6 is 15.9 Å². The smallest absolute Gasteiger partial charge is 0.0992 e. The average Bonchev–Trinajstić information content (AvgIpc) is 2.19. The molecular formula is C10H11BrN2O. The number of hydrogen-bond donors (Lipinski definition) is 2. The summed E-state index contributed by atoms with van der Waals surface area (Å²) >= 11 is 3.32. The lowest BCUT2D eigenvalue weighted by atomic mass is 10.1. The number of nitriles is 1. The standard InChI is InChI=1S/C10H11BrN2O/c1-13-10(6-14)8-2-7(5-12)3-9(11)4-8/h2-4,10,13-14H,6H2,1H3/t10-/m1/s1. The Balaban J connectivity index is 3.09. The molecule has 74 valence electrons. The minimum atomic E-state index is -0.125. The van der Waals surface area contributed by atoms with Gasteiger partial charge in [-0.1, -0.05) is 15.9 Å². The van der Waals surface area contributed by atoms with E-state index in [2.05, 4.69) is 27.3 Å². The molecule has 0 aromatic heterocycles. The van der Waals surface area contributed by atoms with E-state index in [9.17, 15) is 0 Å². The van der Waals surface area contributed by atoms with Gasteiger partial charge in [0, 0.05) is 4.47 Å². The number of nitrogens with one attached hydrogen (secondary N) is 1. The minimum absolute atomic E-state index is 0.0117. The Labute approximate surface area is 91.5 Å². The van der Waals surface area contributed by atoms with Crippen molar-refractivity contribution in [2.45, 2.75) is 6.04 Å². The van der Waals surface area contributed by atoms with E-state index < -0.39 is 0 Å². The normalized spacial score (nSPS) is 12.1. The lowest BCUT2D eigenvalue weighted by Gasteiger charge is -2.13. The maximum atomic E-state index is 9.07. The fourth-order valence-corrected chi connectivity index (χ4v) is 1.75. The fourth-order valence-electron chi connectivity index (χ4n) is 1.24. The third kappa shape index (κ3) is 2.55.